The number of hydrogen-bond donors (Lipinski definition) is 1. The van der Waals surface area contributed by atoms with Gasteiger partial charge in [0, 0.05) is 12.6 Å². The van der Waals surface area contributed by atoms with Gasteiger partial charge in [-0.05, 0) is 24.3 Å². The van der Waals surface area contributed by atoms with Crippen LogP contribution in [0.4, 0.5) is 4.39 Å². The Hall–Kier alpha value is -1.88. The number of hydrogen-bond acceptors (Lipinski definition) is 2. The Morgan fingerprint density at radius 3 is 2.47 bits per heavy atom. The van der Waals surface area contributed by atoms with Crippen LogP contribution in [0.1, 0.15) is 10.5 Å². The minimum atomic E-state index is -1.10. The van der Waals surface area contributed by atoms with Crippen molar-refractivity contribution in [1.82, 2.24) is 9.55 Å². The van der Waals surface area contributed by atoms with E-state index in [-0.39, 0.29) is 23.9 Å². The number of imidazole rings is 1. The third-order valence-corrected chi connectivity index (χ3v) is 2.26. The van der Waals surface area contributed by atoms with Crippen LogP contribution in [0.3, 0.4) is 0 Å². The zero-order valence-corrected chi connectivity index (χ0v) is 9.74. The van der Waals surface area contributed by atoms with Crippen LogP contribution in [0.2, 0.25) is 0 Å². The minimum absolute atomic E-state index is 0. The van der Waals surface area contributed by atoms with Crippen LogP contribution in [0.15, 0.2) is 30.6 Å². The molecule has 0 aliphatic carbocycles. The van der Waals surface area contributed by atoms with Crippen molar-refractivity contribution in [3.63, 3.8) is 0 Å². The van der Waals surface area contributed by atoms with E-state index in [9.17, 15) is 9.18 Å². The molecule has 0 fully saturated rings. The molecule has 0 saturated carbocycles. The zero-order valence-electron chi connectivity index (χ0n) is 8.92. The molecule has 1 aromatic carbocycles. The number of halogens is 2. The van der Waals surface area contributed by atoms with Crippen molar-refractivity contribution in [3.05, 3.63) is 42.1 Å². The van der Waals surface area contributed by atoms with Gasteiger partial charge in [-0.25, -0.2) is 14.2 Å². The fourth-order valence-electron chi connectivity index (χ4n) is 1.53. The predicted molar refractivity (Wildman–Crippen MR) is 62.8 cm³/mol. The van der Waals surface area contributed by atoms with Gasteiger partial charge in [0.25, 0.3) is 0 Å². The highest BCUT2D eigenvalue weighted by atomic mass is 35.5. The fourth-order valence-corrected chi connectivity index (χ4v) is 1.53. The molecular formula is C11H10ClFN2O2. The van der Waals surface area contributed by atoms with E-state index in [0.717, 1.165) is 0 Å². The highest BCUT2D eigenvalue weighted by Crippen LogP contribution is 2.22. The molecular weight excluding hydrogens is 247 g/mol. The van der Waals surface area contributed by atoms with Crippen LogP contribution < -0.4 is 0 Å². The van der Waals surface area contributed by atoms with Gasteiger partial charge in [-0.1, -0.05) is 0 Å². The Balaban J connectivity index is 0.00000144. The number of aromatic nitrogens is 2. The third-order valence-electron chi connectivity index (χ3n) is 2.26. The molecule has 4 nitrogen and oxygen atoms in total. The summed E-state index contributed by atoms with van der Waals surface area (Å²) < 4.78 is 14.3. The number of carbonyl (C=O) groups is 1. The Morgan fingerprint density at radius 2 is 1.94 bits per heavy atom. The van der Waals surface area contributed by atoms with Gasteiger partial charge in [0.1, 0.15) is 5.82 Å². The molecule has 0 radical (unpaired) electrons. The van der Waals surface area contributed by atoms with Gasteiger partial charge in [0.05, 0.1) is 12.0 Å². The van der Waals surface area contributed by atoms with E-state index < -0.39 is 5.97 Å². The molecule has 1 aromatic heterocycles. The van der Waals surface area contributed by atoms with Gasteiger partial charge in [-0.2, -0.15) is 0 Å². The van der Waals surface area contributed by atoms with Gasteiger partial charge in [0.2, 0.25) is 0 Å². The zero-order chi connectivity index (χ0) is 11.7. The number of carboxylic acid groups (broad SMARTS) is 1. The van der Waals surface area contributed by atoms with E-state index in [2.05, 4.69) is 4.98 Å². The summed E-state index contributed by atoms with van der Waals surface area (Å²) >= 11 is 0. The summed E-state index contributed by atoms with van der Waals surface area (Å²) in [6, 6.07) is 5.62. The molecule has 0 bridgehead atoms. The lowest BCUT2D eigenvalue weighted by atomic mass is 10.1. The van der Waals surface area contributed by atoms with Crippen LogP contribution in [-0.4, -0.2) is 20.6 Å². The first kappa shape index (κ1) is 13.2. The maximum atomic E-state index is 12.7. The average molecular weight is 257 g/mol. The normalized spacial score (nSPS) is 9.76. The molecule has 1 N–H and O–H groups in total. The molecule has 0 saturated heterocycles. The van der Waals surface area contributed by atoms with Crippen LogP contribution in [0.25, 0.3) is 11.3 Å². The highest BCUT2D eigenvalue weighted by molar-refractivity contribution is 5.92. The SMILES string of the molecule is Cl.Cn1cnc(C(=O)O)c1-c1ccc(F)cc1. The van der Waals surface area contributed by atoms with Crippen LogP contribution in [-0.2, 0) is 7.05 Å². The lowest BCUT2D eigenvalue weighted by molar-refractivity contribution is 0.0692. The predicted octanol–water partition coefficient (Wildman–Crippen LogP) is 2.35. The van der Waals surface area contributed by atoms with Crippen molar-refractivity contribution in [1.29, 1.82) is 0 Å². The number of aryl methyl sites for hydroxylation is 1. The summed E-state index contributed by atoms with van der Waals surface area (Å²) in [4.78, 5) is 14.7. The van der Waals surface area contributed by atoms with Crippen molar-refractivity contribution < 1.29 is 14.3 Å². The van der Waals surface area contributed by atoms with E-state index in [4.69, 9.17) is 5.11 Å². The van der Waals surface area contributed by atoms with Gasteiger partial charge < -0.3 is 9.67 Å². The first-order chi connectivity index (χ1) is 7.59. The molecule has 6 heteroatoms. The van der Waals surface area contributed by atoms with Crippen LogP contribution in [0.5, 0.6) is 0 Å². The van der Waals surface area contributed by atoms with Crippen molar-refractivity contribution >= 4 is 18.4 Å². The number of nitrogens with zero attached hydrogens (tertiary/aromatic N) is 2. The van der Waals surface area contributed by atoms with E-state index in [1.165, 1.54) is 30.6 Å². The third kappa shape index (κ3) is 2.45. The summed E-state index contributed by atoms with van der Waals surface area (Å²) in [5, 5.41) is 8.94. The van der Waals surface area contributed by atoms with Crippen molar-refractivity contribution in [2.24, 2.45) is 7.05 Å². The van der Waals surface area contributed by atoms with Crippen molar-refractivity contribution in [2.45, 2.75) is 0 Å². The quantitative estimate of drug-likeness (QED) is 0.897. The Labute approximate surface area is 103 Å². The second kappa shape index (κ2) is 4.97. The average Bonchev–Trinajstić information content (AvgIpc) is 2.62. The van der Waals surface area contributed by atoms with Gasteiger partial charge >= 0.3 is 5.97 Å². The molecule has 0 atom stereocenters. The maximum absolute atomic E-state index is 12.7. The smallest absolute Gasteiger partial charge is 0.356 e. The van der Waals surface area contributed by atoms with Crippen LogP contribution in [0, 0.1) is 5.82 Å². The summed E-state index contributed by atoms with van der Waals surface area (Å²) in [6.07, 6.45) is 1.42. The molecule has 0 spiro atoms. The number of rotatable bonds is 2. The highest BCUT2D eigenvalue weighted by Gasteiger charge is 2.16. The lowest BCUT2D eigenvalue weighted by Crippen LogP contribution is -2.01. The Morgan fingerprint density at radius 1 is 1.35 bits per heavy atom. The molecule has 0 aliphatic rings. The van der Waals surface area contributed by atoms with E-state index in [1.54, 1.807) is 11.6 Å². The molecule has 0 aliphatic heterocycles. The van der Waals surface area contributed by atoms with Crippen molar-refractivity contribution in [3.8, 4) is 11.3 Å². The van der Waals surface area contributed by atoms with E-state index in [0.29, 0.717) is 11.3 Å². The molecule has 1 heterocycles. The van der Waals surface area contributed by atoms with Gasteiger partial charge in [0.15, 0.2) is 5.69 Å². The second-order valence-corrected chi connectivity index (χ2v) is 3.36. The lowest BCUT2D eigenvalue weighted by Gasteiger charge is -2.03. The summed E-state index contributed by atoms with van der Waals surface area (Å²) in [6.45, 7) is 0. The monoisotopic (exact) mass is 256 g/mol. The summed E-state index contributed by atoms with van der Waals surface area (Å²) in [5.74, 6) is -1.46. The maximum Gasteiger partial charge on any atom is 0.356 e. The Kier molecular flexibility index (Phi) is 3.85. The van der Waals surface area contributed by atoms with Crippen LogP contribution >= 0.6 is 12.4 Å². The van der Waals surface area contributed by atoms with E-state index in [1.807, 2.05) is 0 Å². The van der Waals surface area contributed by atoms with Gasteiger partial charge in [-0.15, -0.1) is 12.4 Å². The molecule has 17 heavy (non-hydrogen) atoms. The van der Waals surface area contributed by atoms with Gasteiger partial charge in [-0.3, -0.25) is 0 Å². The second-order valence-electron chi connectivity index (χ2n) is 3.36. The molecule has 0 amide bonds. The molecule has 0 unspecified atom stereocenters. The van der Waals surface area contributed by atoms with E-state index >= 15 is 0 Å². The first-order valence-corrected chi connectivity index (χ1v) is 4.60. The fraction of sp³-hybridized carbons (Fsp3) is 0.0909. The summed E-state index contributed by atoms with van der Waals surface area (Å²) in [5.41, 5.74) is 1.06. The first-order valence-electron chi connectivity index (χ1n) is 4.60. The molecule has 2 aromatic rings. The minimum Gasteiger partial charge on any atom is -0.476 e. The largest absolute Gasteiger partial charge is 0.476 e. The topological polar surface area (TPSA) is 55.1 Å². The Bertz CT molecular complexity index is 537. The molecule has 2 rings (SSSR count). The molecule has 90 valence electrons. The van der Waals surface area contributed by atoms with Crippen molar-refractivity contribution in [2.75, 3.05) is 0 Å². The number of benzene rings is 1. The standard InChI is InChI=1S/C11H9FN2O2.ClH/c1-14-6-13-9(11(15)16)10(14)7-2-4-8(12)5-3-7;/h2-6H,1H3,(H,15,16);1H. The number of carboxylic acids is 1. The number of aromatic carboxylic acids is 1. The summed E-state index contributed by atoms with van der Waals surface area (Å²) in [7, 11) is 1.69.